The summed E-state index contributed by atoms with van der Waals surface area (Å²) in [6, 6.07) is 3.62. The van der Waals surface area contributed by atoms with Crippen molar-refractivity contribution in [3.63, 3.8) is 0 Å². The Morgan fingerprint density at radius 1 is 1.50 bits per heavy atom. The maximum atomic E-state index is 10.8. The third kappa shape index (κ3) is 2.87. The lowest BCUT2D eigenvalue weighted by Crippen LogP contribution is -2.25. The van der Waals surface area contributed by atoms with Crippen molar-refractivity contribution in [1.82, 2.24) is 0 Å². The number of amides is 1. The minimum atomic E-state index is -0.991. The zero-order valence-electron chi connectivity index (χ0n) is 8.53. The summed E-state index contributed by atoms with van der Waals surface area (Å²) in [6.07, 6.45) is 0. The molecule has 0 bridgehead atoms. The van der Waals surface area contributed by atoms with Gasteiger partial charge in [0.2, 0.25) is 5.91 Å². The minimum absolute atomic E-state index is 0.254. The molecule has 0 aliphatic heterocycles. The molecule has 1 aromatic carbocycles. The van der Waals surface area contributed by atoms with Crippen LogP contribution >= 0.6 is 11.6 Å². The van der Waals surface area contributed by atoms with Gasteiger partial charge >= 0.3 is 5.97 Å². The summed E-state index contributed by atoms with van der Waals surface area (Å²) in [7, 11) is 0. The molecule has 0 radical (unpaired) electrons. The van der Waals surface area contributed by atoms with Crippen LogP contribution in [-0.2, 0) is 4.79 Å². The number of halogens is 1. The molecule has 1 unspecified atom stereocenters. The fourth-order valence-corrected chi connectivity index (χ4v) is 1.32. The van der Waals surface area contributed by atoms with E-state index in [1.807, 2.05) is 0 Å². The largest absolute Gasteiger partial charge is 0.480 e. The van der Waals surface area contributed by atoms with Crippen LogP contribution in [0.5, 0.6) is 0 Å². The first-order chi connectivity index (χ1) is 7.41. The number of nitrogens with two attached hydrogens (primary N) is 1. The predicted molar refractivity (Wildman–Crippen MR) is 60.7 cm³/mol. The first-order valence-electron chi connectivity index (χ1n) is 4.50. The van der Waals surface area contributed by atoms with Crippen molar-refractivity contribution < 1.29 is 14.7 Å². The predicted octanol–water partition coefficient (Wildman–Crippen LogP) is 1.32. The molecule has 4 N–H and O–H groups in total. The number of anilines is 1. The van der Waals surface area contributed by atoms with Crippen LogP contribution < -0.4 is 11.1 Å². The smallest absolute Gasteiger partial charge is 0.325 e. The number of carboxylic acid groups (broad SMARTS) is 1. The number of primary amides is 1. The fraction of sp³-hybridized carbons (Fsp3) is 0.200. The van der Waals surface area contributed by atoms with Crippen molar-refractivity contribution in [3.05, 3.63) is 28.8 Å². The lowest BCUT2D eigenvalue weighted by Gasteiger charge is -2.12. The van der Waals surface area contributed by atoms with Gasteiger partial charge in [-0.2, -0.15) is 0 Å². The topological polar surface area (TPSA) is 92.4 Å². The van der Waals surface area contributed by atoms with Crippen molar-refractivity contribution in [2.45, 2.75) is 13.0 Å². The highest BCUT2D eigenvalue weighted by Crippen LogP contribution is 2.23. The Bertz CT molecular complexity index is 434. The molecule has 0 aliphatic carbocycles. The molecule has 0 fully saturated rings. The number of aliphatic carboxylic acids is 1. The zero-order chi connectivity index (χ0) is 12.3. The molecule has 0 heterocycles. The number of carbonyl (C=O) groups excluding carboxylic acids is 1. The van der Waals surface area contributed by atoms with Gasteiger partial charge in [0.15, 0.2) is 0 Å². The Balaban J connectivity index is 2.91. The van der Waals surface area contributed by atoms with Crippen LogP contribution in [0.1, 0.15) is 17.3 Å². The van der Waals surface area contributed by atoms with E-state index in [1.165, 1.54) is 25.1 Å². The van der Waals surface area contributed by atoms with Crippen LogP contribution in [0.25, 0.3) is 0 Å². The van der Waals surface area contributed by atoms with E-state index in [1.54, 1.807) is 0 Å². The van der Waals surface area contributed by atoms with E-state index in [0.29, 0.717) is 5.69 Å². The highest BCUT2D eigenvalue weighted by Gasteiger charge is 2.12. The molecule has 0 spiro atoms. The summed E-state index contributed by atoms with van der Waals surface area (Å²) < 4.78 is 0. The zero-order valence-corrected chi connectivity index (χ0v) is 9.28. The van der Waals surface area contributed by atoms with Crippen LogP contribution in [0.4, 0.5) is 5.69 Å². The molecule has 16 heavy (non-hydrogen) atoms. The van der Waals surface area contributed by atoms with E-state index in [2.05, 4.69) is 5.32 Å². The first kappa shape index (κ1) is 12.3. The van der Waals surface area contributed by atoms with Gasteiger partial charge in [-0.25, -0.2) is 0 Å². The number of benzene rings is 1. The number of nitrogens with one attached hydrogen (secondary N) is 1. The maximum Gasteiger partial charge on any atom is 0.325 e. The lowest BCUT2D eigenvalue weighted by molar-refractivity contribution is -0.137. The van der Waals surface area contributed by atoms with Gasteiger partial charge in [0, 0.05) is 5.56 Å². The third-order valence-electron chi connectivity index (χ3n) is 2.00. The van der Waals surface area contributed by atoms with Gasteiger partial charge in [-0.05, 0) is 25.1 Å². The van der Waals surface area contributed by atoms with Gasteiger partial charge in [0.05, 0.1) is 10.7 Å². The second-order valence-electron chi connectivity index (χ2n) is 3.26. The summed E-state index contributed by atoms with van der Waals surface area (Å²) in [5.74, 6) is -1.57. The first-order valence-corrected chi connectivity index (χ1v) is 4.88. The van der Waals surface area contributed by atoms with Crippen molar-refractivity contribution in [2.75, 3.05) is 5.32 Å². The number of carbonyl (C=O) groups is 2. The van der Waals surface area contributed by atoms with Gasteiger partial charge in [0.25, 0.3) is 0 Å². The summed E-state index contributed by atoms with van der Waals surface area (Å²) in [5, 5.41) is 11.6. The Morgan fingerprint density at radius 2 is 2.12 bits per heavy atom. The average Bonchev–Trinajstić information content (AvgIpc) is 2.20. The van der Waals surface area contributed by atoms with Crippen molar-refractivity contribution in [3.8, 4) is 0 Å². The van der Waals surface area contributed by atoms with Gasteiger partial charge < -0.3 is 16.2 Å². The molecule has 1 atom stereocenters. The van der Waals surface area contributed by atoms with E-state index in [0.717, 1.165) is 0 Å². The average molecular weight is 243 g/mol. The van der Waals surface area contributed by atoms with Gasteiger partial charge in [-0.3, -0.25) is 9.59 Å². The highest BCUT2D eigenvalue weighted by molar-refractivity contribution is 6.33. The molecule has 0 aliphatic rings. The Kier molecular flexibility index (Phi) is 3.73. The van der Waals surface area contributed by atoms with E-state index in [9.17, 15) is 9.59 Å². The second-order valence-corrected chi connectivity index (χ2v) is 3.67. The van der Waals surface area contributed by atoms with E-state index in [-0.39, 0.29) is 10.6 Å². The lowest BCUT2D eigenvalue weighted by atomic mass is 10.2. The molecular weight excluding hydrogens is 232 g/mol. The maximum absolute atomic E-state index is 10.8. The summed E-state index contributed by atoms with van der Waals surface area (Å²) >= 11 is 5.86. The Morgan fingerprint density at radius 3 is 2.56 bits per heavy atom. The van der Waals surface area contributed by atoms with Crippen molar-refractivity contribution >= 4 is 29.2 Å². The van der Waals surface area contributed by atoms with Crippen LogP contribution in [0.2, 0.25) is 5.02 Å². The molecule has 1 aromatic rings. The Labute approximate surface area is 97.2 Å². The normalized spacial score (nSPS) is 11.9. The molecule has 0 saturated carbocycles. The molecule has 6 heteroatoms. The second kappa shape index (κ2) is 4.85. The monoisotopic (exact) mass is 242 g/mol. The quantitative estimate of drug-likeness (QED) is 0.743. The number of rotatable bonds is 4. The molecule has 5 nitrogen and oxygen atoms in total. The number of hydrogen-bond acceptors (Lipinski definition) is 3. The van der Waals surface area contributed by atoms with E-state index >= 15 is 0 Å². The number of carboxylic acids is 1. The Hall–Kier alpha value is -1.75. The van der Waals surface area contributed by atoms with Crippen molar-refractivity contribution in [2.24, 2.45) is 5.73 Å². The third-order valence-corrected chi connectivity index (χ3v) is 2.31. The van der Waals surface area contributed by atoms with Crippen LogP contribution in [-0.4, -0.2) is 23.0 Å². The minimum Gasteiger partial charge on any atom is -0.480 e. The molecule has 0 saturated heterocycles. The van der Waals surface area contributed by atoms with Gasteiger partial charge in [-0.15, -0.1) is 0 Å². The number of hydrogen-bond donors (Lipinski definition) is 3. The molecular formula is C10H11ClN2O3. The van der Waals surface area contributed by atoms with Crippen LogP contribution in [0.3, 0.4) is 0 Å². The summed E-state index contributed by atoms with van der Waals surface area (Å²) in [5.41, 5.74) is 5.79. The van der Waals surface area contributed by atoms with Crippen LogP contribution in [0, 0.1) is 0 Å². The highest BCUT2D eigenvalue weighted by atomic mass is 35.5. The van der Waals surface area contributed by atoms with Crippen molar-refractivity contribution in [1.29, 1.82) is 0 Å². The standard InChI is InChI=1S/C10H11ClN2O3/c1-5(10(15)16)13-8-3-2-6(9(12)14)4-7(8)11/h2-5,13H,1H3,(H2,12,14)(H,15,16). The molecule has 0 aromatic heterocycles. The molecule has 86 valence electrons. The summed E-state index contributed by atoms with van der Waals surface area (Å²) in [6.45, 7) is 1.49. The molecule has 1 rings (SSSR count). The van der Waals surface area contributed by atoms with Crippen LogP contribution in [0.15, 0.2) is 18.2 Å². The SMILES string of the molecule is CC(Nc1ccc(C(N)=O)cc1Cl)C(=O)O. The summed E-state index contributed by atoms with van der Waals surface area (Å²) in [4.78, 5) is 21.5. The van der Waals surface area contributed by atoms with Gasteiger partial charge in [-0.1, -0.05) is 11.6 Å². The van der Waals surface area contributed by atoms with Gasteiger partial charge in [0.1, 0.15) is 6.04 Å². The fourth-order valence-electron chi connectivity index (χ4n) is 1.08. The van der Waals surface area contributed by atoms with E-state index < -0.39 is 17.9 Å². The molecule has 1 amide bonds. The van der Waals surface area contributed by atoms with E-state index in [4.69, 9.17) is 22.4 Å².